The lowest BCUT2D eigenvalue weighted by Gasteiger charge is -2.32. The Balaban J connectivity index is 4.42. The molecule has 0 aromatic carbocycles. The second kappa shape index (κ2) is 6.80. The Hall–Kier alpha value is -0.610. The van der Waals surface area contributed by atoms with Crippen LogP contribution < -0.4 is 5.32 Å². The highest BCUT2D eigenvalue weighted by atomic mass is 16.4. The Morgan fingerprint density at radius 2 is 1.87 bits per heavy atom. The van der Waals surface area contributed by atoms with E-state index < -0.39 is 11.5 Å². The molecule has 4 nitrogen and oxygen atoms in total. The van der Waals surface area contributed by atoms with Crippen molar-refractivity contribution in [1.29, 1.82) is 0 Å². The Bertz CT molecular complexity index is 193. The lowest BCUT2D eigenvalue weighted by Crippen LogP contribution is -2.57. The van der Waals surface area contributed by atoms with Gasteiger partial charge in [-0.2, -0.15) is 0 Å². The van der Waals surface area contributed by atoms with Crippen LogP contribution >= 0.6 is 0 Å². The van der Waals surface area contributed by atoms with E-state index in [1.54, 1.807) is 6.92 Å². The van der Waals surface area contributed by atoms with Crippen LogP contribution in [0, 0.1) is 0 Å². The van der Waals surface area contributed by atoms with Crippen molar-refractivity contribution in [1.82, 2.24) is 10.2 Å². The molecule has 0 amide bonds. The molecule has 0 rings (SSSR count). The highest BCUT2D eigenvalue weighted by Crippen LogP contribution is 2.07. The van der Waals surface area contributed by atoms with Crippen molar-refractivity contribution in [3.63, 3.8) is 0 Å². The summed E-state index contributed by atoms with van der Waals surface area (Å²) in [5.74, 6) is -0.775. The van der Waals surface area contributed by atoms with E-state index in [2.05, 4.69) is 10.2 Å². The van der Waals surface area contributed by atoms with Crippen molar-refractivity contribution in [2.24, 2.45) is 0 Å². The van der Waals surface area contributed by atoms with Crippen LogP contribution in [0.3, 0.4) is 0 Å². The molecule has 0 aromatic rings. The van der Waals surface area contributed by atoms with Crippen LogP contribution in [0.15, 0.2) is 0 Å². The van der Waals surface area contributed by atoms with E-state index in [-0.39, 0.29) is 0 Å². The fourth-order valence-electron chi connectivity index (χ4n) is 1.49. The van der Waals surface area contributed by atoms with E-state index in [0.29, 0.717) is 6.54 Å². The third kappa shape index (κ3) is 4.62. The van der Waals surface area contributed by atoms with E-state index in [4.69, 9.17) is 0 Å². The first kappa shape index (κ1) is 14.4. The molecule has 0 aromatic heterocycles. The highest BCUT2D eigenvalue weighted by molar-refractivity contribution is 5.78. The fourth-order valence-corrected chi connectivity index (χ4v) is 1.49. The van der Waals surface area contributed by atoms with E-state index in [1.165, 1.54) is 0 Å². The van der Waals surface area contributed by atoms with Crippen molar-refractivity contribution in [2.75, 3.05) is 26.2 Å². The molecule has 0 aliphatic rings. The van der Waals surface area contributed by atoms with Crippen molar-refractivity contribution in [2.45, 2.75) is 39.7 Å². The number of aliphatic carboxylic acids is 1. The lowest BCUT2D eigenvalue weighted by atomic mass is 10.0. The SMILES string of the molecule is CCCNC(C)(CN(CC)CC)C(=O)O. The van der Waals surface area contributed by atoms with Crippen LogP contribution in [0.4, 0.5) is 0 Å². The minimum absolute atomic E-state index is 0.551. The van der Waals surface area contributed by atoms with Gasteiger partial charge in [0.25, 0.3) is 0 Å². The first-order valence-corrected chi connectivity index (χ1v) is 5.70. The number of carboxylic acids is 1. The molecule has 0 bridgehead atoms. The van der Waals surface area contributed by atoms with Gasteiger partial charge >= 0.3 is 5.97 Å². The minimum atomic E-state index is -0.831. The van der Waals surface area contributed by atoms with Gasteiger partial charge in [-0.05, 0) is 33.0 Å². The summed E-state index contributed by atoms with van der Waals surface area (Å²) in [6, 6.07) is 0. The maximum atomic E-state index is 11.2. The van der Waals surface area contributed by atoms with Gasteiger partial charge in [0.15, 0.2) is 0 Å². The van der Waals surface area contributed by atoms with E-state index in [0.717, 1.165) is 26.1 Å². The number of carboxylic acid groups (broad SMARTS) is 1. The Morgan fingerprint density at radius 1 is 1.33 bits per heavy atom. The lowest BCUT2D eigenvalue weighted by molar-refractivity contribution is -0.145. The van der Waals surface area contributed by atoms with Crippen molar-refractivity contribution in [3.05, 3.63) is 0 Å². The Morgan fingerprint density at radius 3 is 2.20 bits per heavy atom. The summed E-state index contributed by atoms with van der Waals surface area (Å²) in [6.07, 6.45) is 0.946. The maximum Gasteiger partial charge on any atom is 0.324 e. The van der Waals surface area contributed by atoms with E-state index in [1.807, 2.05) is 20.8 Å². The van der Waals surface area contributed by atoms with Gasteiger partial charge in [-0.15, -0.1) is 0 Å². The average molecular weight is 216 g/mol. The second-order valence-electron chi connectivity index (χ2n) is 4.03. The van der Waals surface area contributed by atoms with Crippen LogP contribution in [0.5, 0.6) is 0 Å². The standard InChI is InChI=1S/C11H24N2O2/c1-5-8-12-11(4,10(14)15)9-13(6-2)7-3/h12H,5-9H2,1-4H3,(H,14,15). The number of likely N-dealkylation sites (N-methyl/N-ethyl adjacent to an activating group) is 1. The van der Waals surface area contributed by atoms with Gasteiger partial charge in [-0.3, -0.25) is 4.79 Å². The molecule has 0 heterocycles. The van der Waals surface area contributed by atoms with Gasteiger partial charge in [0.05, 0.1) is 0 Å². The average Bonchev–Trinajstić information content (AvgIpc) is 2.22. The molecule has 2 N–H and O–H groups in total. The molecular weight excluding hydrogens is 192 g/mol. The predicted octanol–water partition coefficient (Wildman–Crippen LogP) is 1.17. The van der Waals surface area contributed by atoms with E-state index >= 15 is 0 Å². The Kier molecular flexibility index (Phi) is 6.52. The zero-order chi connectivity index (χ0) is 11.9. The van der Waals surface area contributed by atoms with E-state index in [9.17, 15) is 9.90 Å². The van der Waals surface area contributed by atoms with Crippen LogP contribution in [-0.4, -0.2) is 47.7 Å². The molecule has 0 saturated carbocycles. The molecule has 0 spiro atoms. The quantitative estimate of drug-likeness (QED) is 0.639. The summed E-state index contributed by atoms with van der Waals surface area (Å²) < 4.78 is 0. The van der Waals surface area contributed by atoms with Gasteiger partial charge in [0.1, 0.15) is 5.54 Å². The number of hydrogen-bond donors (Lipinski definition) is 2. The molecule has 15 heavy (non-hydrogen) atoms. The highest BCUT2D eigenvalue weighted by Gasteiger charge is 2.33. The molecule has 1 unspecified atom stereocenters. The summed E-state index contributed by atoms with van der Waals surface area (Å²) in [5, 5.41) is 12.3. The molecule has 0 saturated heterocycles. The van der Waals surface area contributed by atoms with Crippen molar-refractivity contribution in [3.8, 4) is 0 Å². The summed E-state index contributed by atoms with van der Waals surface area (Å²) >= 11 is 0. The Labute approximate surface area is 92.7 Å². The fraction of sp³-hybridized carbons (Fsp3) is 0.909. The molecule has 0 radical (unpaired) electrons. The molecule has 0 aliphatic carbocycles. The first-order valence-electron chi connectivity index (χ1n) is 5.70. The van der Waals surface area contributed by atoms with Gasteiger partial charge < -0.3 is 15.3 Å². The first-order chi connectivity index (χ1) is 7.00. The number of carbonyl (C=O) groups is 1. The number of hydrogen-bond acceptors (Lipinski definition) is 3. The number of nitrogens with zero attached hydrogens (tertiary/aromatic N) is 1. The summed E-state index contributed by atoms with van der Waals surface area (Å²) in [4.78, 5) is 13.3. The molecule has 1 atom stereocenters. The summed E-state index contributed by atoms with van der Waals surface area (Å²) in [5.41, 5.74) is -0.831. The third-order valence-corrected chi connectivity index (χ3v) is 2.67. The predicted molar refractivity (Wildman–Crippen MR) is 62.1 cm³/mol. The molecule has 0 aliphatic heterocycles. The summed E-state index contributed by atoms with van der Waals surface area (Å²) in [6.45, 7) is 10.9. The zero-order valence-corrected chi connectivity index (χ0v) is 10.3. The van der Waals surface area contributed by atoms with Crippen LogP contribution in [0.1, 0.15) is 34.1 Å². The monoisotopic (exact) mass is 216 g/mol. The van der Waals surface area contributed by atoms with Crippen molar-refractivity contribution >= 4 is 5.97 Å². The van der Waals surface area contributed by atoms with Gasteiger partial charge in [-0.1, -0.05) is 20.8 Å². The normalized spacial score (nSPS) is 15.3. The van der Waals surface area contributed by atoms with Crippen LogP contribution in [0.25, 0.3) is 0 Å². The molecular formula is C11H24N2O2. The van der Waals surface area contributed by atoms with Crippen LogP contribution in [0.2, 0.25) is 0 Å². The topological polar surface area (TPSA) is 52.6 Å². The molecule has 4 heteroatoms. The molecule has 0 fully saturated rings. The number of rotatable bonds is 8. The second-order valence-corrected chi connectivity index (χ2v) is 4.03. The summed E-state index contributed by atoms with van der Waals surface area (Å²) in [7, 11) is 0. The number of nitrogens with one attached hydrogen (secondary N) is 1. The van der Waals surface area contributed by atoms with Gasteiger partial charge in [0, 0.05) is 6.54 Å². The minimum Gasteiger partial charge on any atom is -0.480 e. The third-order valence-electron chi connectivity index (χ3n) is 2.67. The van der Waals surface area contributed by atoms with Crippen molar-refractivity contribution < 1.29 is 9.90 Å². The van der Waals surface area contributed by atoms with Gasteiger partial charge in [0.2, 0.25) is 0 Å². The van der Waals surface area contributed by atoms with Gasteiger partial charge in [-0.25, -0.2) is 0 Å². The largest absolute Gasteiger partial charge is 0.480 e. The molecule has 90 valence electrons. The smallest absolute Gasteiger partial charge is 0.324 e. The zero-order valence-electron chi connectivity index (χ0n) is 10.3. The van der Waals surface area contributed by atoms with Crippen LogP contribution in [-0.2, 0) is 4.79 Å². The maximum absolute atomic E-state index is 11.2.